The van der Waals surface area contributed by atoms with E-state index in [4.69, 9.17) is 49.4 Å². The van der Waals surface area contributed by atoms with Crippen LogP contribution in [0.15, 0.2) is 30.3 Å². The molecule has 0 saturated carbocycles. The second-order valence-electron chi connectivity index (χ2n) is 6.01. The van der Waals surface area contributed by atoms with Crippen molar-refractivity contribution < 1.29 is 14.6 Å². The Morgan fingerprint density at radius 1 is 0.900 bits per heavy atom. The Balaban J connectivity index is 0.00000420. The van der Waals surface area contributed by atoms with E-state index in [0.717, 1.165) is 24.2 Å². The number of benzene rings is 2. The molecule has 170 valence electrons. The Hall–Kier alpha value is -0.630. The lowest BCUT2D eigenvalue weighted by Crippen LogP contribution is -2.28. The van der Waals surface area contributed by atoms with E-state index in [1.807, 2.05) is 25.1 Å². The van der Waals surface area contributed by atoms with Crippen LogP contribution in [-0.4, -0.2) is 38.0 Å². The van der Waals surface area contributed by atoms with E-state index in [9.17, 15) is 0 Å². The molecule has 0 spiro atoms. The zero-order valence-corrected chi connectivity index (χ0v) is 20.5. The maximum atomic E-state index is 8.75. The number of aliphatic hydroxyl groups is 1. The Labute approximate surface area is 205 Å². The third-order valence-corrected chi connectivity index (χ3v) is 4.72. The van der Waals surface area contributed by atoms with Gasteiger partial charge in [-0.25, -0.2) is 0 Å². The van der Waals surface area contributed by atoms with E-state index in [-0.39, 0.29) is 38.0 Å². The van der Waals surface area contributed by atoms with E-state index in [1.165, 1.54) is 0 Å². The summed E-state index contributed by atoms with van der Waals surface area (Å²) in [4.78, 5) is 0. The third-order valence-electron chi connectivity index (χ3n) is 3.85. The van der Waals surface area contributed by atoms with E-state index in [1.54, 1.807) is 12.1 Å². The summed E-state index contributed by atoms with van der Waals surface area (Å²) >= 11 is 18.6. The number of halogens is 5. The van der Waals surface area contributed by atoms with Gasteiger partial charge in [-0.3, -0.25) is 0 Å². The minimum Gasteiger partial charge on any atom is -0.490 e. The highest BCUT2D eigenvalue weighted by Gasteiger charge is 2.14. The normalized spacial score (nSPS) is 10.2. The van der Waals surface area contributed by atoms with E-state index in [2.05, 4.69) is 10.6 Å². The summed E-state index contributed by atoms with van der Waals surface area (Å²) in [5.74, 6) is 1.08. The average Bonchev–Trinajstić information content (AvgIpc) is 2.65. The molecule has 2 aromatic carbocycles. The molecular formula is C20H27Cl5N2O3. The monoisotopic (exact) mass is 518 g/mol. The third kappa shape index (κ3) is 9.67. The number of nitrogens with one attached hydrogen (secondary N) is 2. The van der Waals surface area contributed by atoms with Gasteiger partial charge in [-0.2, -0.15) is 0 Å². The topological polar surface area (TPSA) is 62.8 Å². The second kappa shape index (κ2) is 16.1. The van der Waals surface area contributed by atoms with Gasteiger partial charge in [-0.15, -0.1) is 24.8 Å². The van der Waals surface area contributed by atoms with Gasteiger partial charge in [0, 0.05) is 41.8 Å². The standard InChI is InChI=1S/C20H25Cl3N2O3.2ClH/c1-2-27-19-10-14(12-25-6-5-24-7-8-26)9-18(23)20(19)28-13-15-3-4-16(21)11-17(15)22;;/h3-4,9-11,24-26H,2,5-8,12-13H2,1H3;2*1H. The van der Waals surface area contributed by atoms with E-state index >= 15 is 0 Å². The molecule has 2 aromatic rings. The quantitative estimate of drug-likeness (QED) is 0.338. The van der Waals surface area contributed by atoms with Crippen LogP contribution < -0.4 is 20.1 Å². The lowest BCUT2D eigenvalue weighted by molar-refractivity contribution is 0.269. The molecule has 0 radical (unpaired) electrons. The minimum absolute atomic E-state index is 0. The van der Waals surface area contributed by atoms with Crippen molar-refractivity contribution >= 4 is 59.6 Å². The molecule has 0 aliphatic rings. The van der Waals surface area contributed by atoms with Crippen LogP contribution in [-0.2, 0) is 13.2 Å². The Morgan fingerprint density at radius 2 is 1.63 bits per heavy atom. The summed E-state index contributed by atoms with van der Waals surface area (Å²) in [6.07, 6.45) is 0. The summed E-state index contributed by atoms with van der Waals surface area (Å²) in [6, 6.07) is 9.04. The van der Waals surface area contributed by atoms with Gasteiger partial charge in [-0.05, 0) is 36.8 Å². The van der Waals surface area contributed by atoms with E-state index < -0.39 is 0 Å². The van der Waals surface area contributed by atoms with Crippen molar-refractivity contribution in [2.45, 2.75) is 20.1 Å². The van der Waals surface area contributed by atoms with Gasteiger partial charge in [0.2, 0.25) is 0 Å². The molecule has 0 fully saturated rings. The molecular weight excluding hydrogens is 493 g/mol. The Morgan fingerprint density at radius 3 is 2.30 bits per heavy atom. The van der Waals surface area contributed by atoms with Crippen molar-refractivity contribution in [3.05, 3.63) is 56.5 Å². The lowest BCUT2D eigenvalue weighted by atomic mass is 10.2. The molecule has 0 aliphatic heterocycles. The zero-order chi connectivity index (χ0) is 20.4. The molecule has 30 heavy (non-hydrogen) atoms. The molecule has 0 amide bonds. The molecule has 0 aliphatic carbocycles. The number of rotatable bonds is 12. The smallest absolute Gasteiger partial charge is 0.180 e. The van der Waals surface area contributed by atoms with Crippen LogP contribution in [0.4, 0.5) is 0 Å². The molecule has 3 N–H and O–H groups in total. The maximum absolute atomic E-state index is 8.75. The van der Waals surface area contributed by atoms with Gasteiger partial charge in [0.15, 0.2) is 11.5 Å². The summed E-state index contributed by atoms with van der Waals surface area (Å²) in [6.45, 7) is 5.57. The summed E-state index contributed by atoms with van der Waals surface area (Å²) in [5, 5.41) is 16.8. The highest BCUT2D eigenvalue weighted by molar-refractivity contribution is 6.35. The molecule has 0 atom stereocenters. The fourth-order valence-corrected chi connectivity index (χ4v) is 3.28. The predicted octanol–water partition coefficient (Wildman–Crippen LogP) is 5.14. The fraction of sp³-hybridized carbons (Fsp3) is 0.400. The predicted molar refractivity (Wildman–Crippen MR) is 130 cm³/mol. The average molecular weight is 521 g/mol. The number of ether oxygens (including phenoxy) is 2. The molecule has 0 bridgehead atoms. The van der Waals surface area contributed by atoms with Crippen LogP contribution in [0.3, 0.4) is 0 Å². The molecule has 0 unspecified atom stereocenters. The van der Waals surface area contributed by atoms with Crippen LogP contribution in [0.2, 0.25) is 15.1 Å². The van der Waals surface area contributed by atoms with Crippen molar-refractivity contribution in [2.75, 3.05) is 32.8 Å². The Bertz CT molecular complexity index is 765. The number of hydrogen-bond donors (Lipinski definition) is 3. The summed E-state index contributed by atoms with van der Waals surface area (Å²) in [5.41, 5.74) is 1.80. The van der Waals surface area contributed by atoms with Crippen molar-refractivity contribution in [1.29, 1.82) is 0 Å². The van der Waals surface area contributed by atoms with Crippen LogP contribution in [0.25, 0.3) is 0 Å². The highest BCUT2D eigenvalue weighted by Crippen LogP contribution is 2.37. The van der Waals surface area contributed by atoms with Crippen molar-refractivity contribution in [3.63, 3.8) is 0 Å². The maximum Gasteiger partial charge on any atom is 0.180 e. The van der Waals surface area contributed by atoms with Crippen LogP contribution in [0.1, 0.15) is 18.1 Å². The second-order valence-corrected chi connectivity index (χ2v) is 7.26. The van der Waals surface area contributed by atoms with Crippen LogP contribution in [0.5, 0.6) is 11.5 Å². The van der Waals surface area contributed by atoms with Crippen LogP contribution >= 0.6 is 59.6 Å². The van der Waals surface area contributed by atoms with Crippen LogP contribution in [0, 0.1) is 0 Å². The molecule has 0 saturated heterocycles. The summed E-state index contributed by atoms with van der Waals surface area (Å²) in [7, 11) is 0. The highest BCUT2D eigenvalue weighted by atomic mass is 35.5. The fourth-order valence-electron chi connectivity index (χ4n) is 2.53. The number of aliphatic hydroxyl groups excluding tert-OH is 1. The first kappa shape index (κ1) is 29.4. The molecule has 10 heteroatoms. The van der Waals surface area contributed by atoms with Gasteiger partial charge in [0.05, 0.1) is 18.2 Å². The van der Waals surface area contributed by atoms with Gasteiger partial charge in [0.1, 0.15) is 6.61 Å². The van der Waals surface area contributed by atoms with Gasteiger partial charge < -0.3 is 25.2 Å². The van der Waals surface area contributed by atoms with Crippen molar-refractivity contribution in [1.82, 2.24) is 10.6 Å². The van der Waals surface area contributed by atoms with Gasteiger partial charge in [-0.1, -0.05) is 40.9 Å². The molecule has 5 nitrogen and oxygen atoms in total. The molecule has 2 rings (SSSR count). The zero-order valence-electron chi connectivity index (χ0n) is 16.6. The van der Waals surface area contributed by atoms with Crippen molar-refractivity contribution in [2.24, 2.45) is 0 Å². The first-order valence-corrected chi connectivity index (χ1v) is 10.2. The first-order valence-electron chi connectivity index (χ1n) is 9.09. The Kier molecular flexibility index (Phi) is 15.7. The first-order chi connectivity index (χ1) is 13.5. The van der Waals surface area contributed by atoms with Gasteiger partial charge in [0.25, 0.3) is 0 Å². The van der Waals surface area contributed by atoms with Crippen molar-refractivity contribution in [3.8, 4) is 11.5 Å². The minimum atomic E-state index is 0. The molecule has 0 heterocycles. The van der Waals surface area contributed by atoms with E-state index in [0.29, 0.717) is 46.3 Å². The summed E-state index contributed by atoms with van der Waals surface area (Å²) < 4.78 is 11.6. The van der Waals surface area contributed by atoms with Gasteiger partial charge >= 0.3 is 0 Å². The lowest BCUT2D eigenvalue weighted by Gasteiger charge is -2.16. The molecule has 0 aromatic heterocycles. The largest absolute Gasteiger partial charge is 0.490 e. The SMILES string of the molecule is CCOc1cc(CNCCNCCO)cc(Cl)c1OCc1ccc(Cl)cc1Cl.Cl.Cl. The number of hydrogen-bond acceptors (Lipinski definition) is 5.